The second-order valence-corrected chi connectivity index (χ2v) is 6.37. The van der Waals surface area contributed by atoms with Gasteiger partial charge in [-0.25, -0.2) is 4.98 Å². The van der Waals surface area contributed by atoms with E-state index in [0.717, 1.165) is 38.3 Å². The second kappa shape index (κ2) is 5.05. The monoisotopic (exact) mass is 274 g/mol. The number of carbonyl (C=O) groups is 1. The number of aromatic nitrogens is 1. The molecule has 1 aromatic rings. The van der Waals surface area contributed by atoms with Gasteiger partial charge < -0.3 is 15.5 Å². The zero-order valence-electron chi connectivity index (χ0n) is 12.1. The number of carbonyl (C=O) groups excluding carboxylic acids is 1. The molecule has 5 heteroatoms. The van der Waals surface area contributed by atoms with E-state index in [1.807, 2.05) is 18.3 Å². The van der Waals surface area contributed by atoms with Gasteiger partial charge in [0.25, 0.3) is 0 Å². The Labute approximate surface area is 119 Å². The van der Waals surface area contributed by atoms with Crippen LogP contribution in [0.15, 0.2) is 18.3 Å². The van der Waals surface area contributed by atoms with E-state index in [9.17, 15) is 4.79 Å². The normalized spacial score (nSPS) is 24.3. The molecule has 1 aliphatic carbocycles. The van der Waals surface area contributed by atoms with Crippen LogP contribution in [-0.2, 0) is 4.79 Å². The highest BCUT2D eigenvalue weighted by atomic mass is 16.2. The maximum absolute atomic E-state index is 12.0. The van der Waals surface area contributed by atoms with E-state index in [1.54, 1.807) is 0 Å². The molecule has 3 rings (SSSR count). The zero-order valence-corrected chi connectivity index (χ0v) is 12.1. The van der Waals surface area contributed by atoms with Gasteiger partial charge in [0, 0.05) is 32.1 Å². The standard InChI is InChI=1S/C15H22N4O/c1-15(2)9-12(15)14(20)18-13-4-3-11(10-17-13)19-7-5-16-6-8-19/h3-4,10,12,16H,5-9H2,1-2H3,(H,17,18,20). The van der Waals surface area contributed by atoms with Gasteiger partial charge in [-0.2, -0.15) is 0 Å². The largest absolute Gasteiger partial charge is 0.368 e. The summed E-state index contributed by atoms with van der Waals surface area (Å²) in [6.45, 7) is 8.27. The first-order valence-electron chi connectivity index (χ1n) is 7.29. The van der Waals surface area contributed by atoms with Crippen LogP contribution in [0.2, 0.25) is 0 Å². The van der Waals surface area contributed by atoms with Gasteiger partial charge in [0.05, 0.1) is 11.9 Å². The van der Waals surface area contributed by atoms with Crippen molar-refractivity contribution in [2.75, 3.05) is 36.4 Å². The fourth-order valence-electron chi connectivity index (χ4n) is 2.70. The molecular formula is C15H22N4O. The van der Waals surface area contributed by atoms with E-state index in [2.05, 4.69) is 34.4 Å². The van der Waals surface area contributed by atoms with Crippen LogP contribution in [0.25, 0.3) is 0 Å². The van der Waals surface area contributed by atoms with E-state index < -0.39 is 0 Å². The molecule has 0 spiro atoms. The van der Waals surface area contributed by atoms with Gasteiger partial charge in [0.15, 0.2) is 0 Å². The summed E-state index contributed by atoms with van der Waals surface area (Å²) in [6.07, 6.45) is 2.82. The molecule has 1 atom stereocenters. The van der Waals surface area contributed by atoms with Crippen molar-refractivity contribution in [2.24, 2.45) is 11.3 Å². The highest BCUT2D eigenvalue weighted by Crippen LogP contribution is 2.51. The SMILES string of the molecule is CC1(C)CC1C(=O)Nc1ccc(N2CCNCC2)cn1. The van der Waals surface area contributed by atoms with Crippen LogP contribution in [0.5, 0.6) is 0 Å². The predicted octanol–water partition coefficient (Wildman–Crippen LogP) is 1.48. The van der Waals surface area contributed by atoms with Gasteiger partial charge in [-0.1, -0.05) is 13.8 Å². The predicted molar refractivity (Wildman–Crippen MR) is 79.8 cm³/mol. The van der Waals surface area contributed by atoms with E-state index in [0.29, 0.717) is 5.82 Å². The smallest absolute Gasteiger partial charge is 0.229 e. The summed E-state index contributed by atoms with van der Waals surface area (Å²) in [5.74, 6) is 0.881. The summed E-state index contributed by atoms with van der Waals surface area (Å²) in [4.78, 5) is 18.7. The van der Waals surface area contributed by atoms with Gasteiger partial charge in [0.2, 0.25) is 5.91 Å². The van der Waals surface area contributed by atoms with Gasteiger partial charge >= 0.3 is 0 Å². The Bertz CT molecular complexity index is 491. The molecule has 20 heavy (non-hydrogen) atoms. The van der Waals surface area contributed by atoms with Gasteiger partial charge in [-0.3, -0.25) is 4.79 Å². The molecule has 0 bridgehead atoms. The highest BCUT2D eigenvalue weighted by molar-refractivity contribution is 5.94. The number of hydrogen-bond acceptors (Lipinski definition) is 4. The van der Waals surface area contributed by atoms with Crippen molar-refractivity contribution in [2.45, 2.75) is 20.3 Å². The van der Waals surface area contributed by atoms with E-state index in [-0.39, 0.29) is 17.2 Å². The minimum absolute atomic E-state index is 0.0948. The molecule has 1 aromatic heterocycles. The van der Waals surface area contributed by atoms with Crippen LogP contribution in [0.1, 0.15) is 20.3 Å². The van der Waals surface area contributed by atoms with Crippen molar-refractivity contribution in [1.29, 1.82) is 0 Å². The van der Waals surface area contributed by atoms with Crippen molar-refractivity contribution < 1.29 is 4.79 Å². The van der Waals surface area contributed by atoms with Crippen molar-refractivity contribution in [1.82, 2.24) is 10.3 Å². The summed E-state index contributed by atoms with van der Waals surface area (Å²) in [7, 11) is 0. The van der Waals surface area contributed by atoms with E-state index >= 15 is 0 Å². The molecule has 2 heterocycles. The minimum atomic E-state index is 0.0948. The third-order valence-corrected chi connectivity index (χ3v) is 4.31. The molecular weight excluding hydrogens is 252 g/mol. The highest BCUT2D eigenvalue weighted by Gasteiger charge is 2.50. The number of hydrogen-bond donors (Lipinski definition) is 2. The van der Waals surface area contributed by atoms with Crippen molar-refractivity contribution >= 4 is 17.4 Å². The number of amides is 1. The quantitative estimate of drug-likeness (QED) is 0.876. The van der Waals surface area contributed by atoms with Crippen LogP contribution in [0.4, 0.5) is 11.5 Å². The Balaban J connectivity index is 1.60. The number of pyridine rings is 1. The first-order valence-corrected chi connectivity index (χ1v) is 7.29. The fourth-order valence-corrected chi connectivity index (χ4v) is 2.70. The van der Waals surface area contributed by atoms with Crippen molar-refractivity contribution in [3.8, 4) is 0 Å². The summed E-state index contributed by atoms with van der Waals surface area (Å²) in [5, 5.41) is 6.24. The lowest BCUT2D eigenvalue weighted by molar-refractivity contribution is -0.118. The lowest BCUT2D eigenvalue weighted by Gasteiger charge is -2.29. The Kier molecular flexibility index (Phi) is 3.38. The van der Waals surface area contributed by atoms with Crippen LogP contribution < -0.4 is 15.5 Å². The molecule has 0 radical (unpaired) electrons. The van der Waals surface area contributed by atoms with Crippen LogP contribution in [0.3, 0.4) is 0 Å². The molecule has 1 amide bonds. The molecule has 1 saturated heterocycles. The average Bonchev–Trinajstić information content (AvgIpc) is 3.10. The Morgan fingerprint density at radius 3 is 2.65 bits per heavy atom. The maximum atomic E-state index is 12.0. The summed E-state index contributed by atoms with van der Waals surface area (Å²) < 4.78 is 0. The van der Waals surface area contributed by atoms with Crippen molar-refractivity contribution in [3.05, 3.63) is 18.3 Å². The van der Waals surface area contributed by atoms with Crippen LogP contribution in [-0.4, -0.2) is 37.1 Å². The first-order chi connectivity index (χ1) is 9.56. The van der Waals surface area contributed by atoms with Gasteiger partial charge in [-0.05, 0) is 24.0 Å². The molecule has 1 aliphatic heterocycles. The third kappa shape index (κ3) is 2.77. The van der Waals surface area contributed by atoms with Crippen LogP contribution >= 0.6 is 0 Å². The molecule has 1 unspecified atom stereocenters. The Morgan fingerprint density at radius 2 is 2.10 bits per heavy atom. The Morgan fingerprint density at radius 1 is 1.40 bits per heavy atom. The molecule has 2 N–H and O–H groups in total. The topological polar surface area (TPSA) is 57.3 Å². The van der Waals surface area contributed by atoms with Crippen LogP contribution in [0, 0.1) is 11.3 Å². The number of anilines is 2. The number of rotatable bonds is 3. The fraction of sp³-hybridized carbons (Fsp3) is 0.600. The number of nitrogens with zero attached hydrogens (tertiary/aromatic N) is 2. The average molecular weight is 274 g/mol. The molecule has 5 nitrogen and oxygen atoms in total. The summed E-state index contributed by atoms with van der Waals surface area (Å²) in [5.41, 5.74) is 1.28. The minimum Gasteiger partial charge on any atom is -0.368 e. The molecule has 2 aliphatic rings. The second-order valence-electron chi connectivity index (χ2n) is 6.37. The number of nitrogens with one attached hydrogen (secondary N) is 2. The lowest BCUT2D eigenvalue weighted by atomic mass is 10.1. The summed E-state index contributed by atoms with van der Waals surface area (Å²) >= 11 is 0. The van der Waals surface area contributed by atoms with E-state index in [1.165, 1.54) is 0 Å². The lowest BCUT2D eigenvalue weighted by Crippen LogP contribution is -2.43. The summed E-state index contributed by atoms with van der Waals surface area (Å²) in [6, 6.07) is 3.93. The third-order valence-electron chi connectivity index (χ3n) is 4.31. The van der Waals surface area contributed by atoms with E-state index in [4.69, 9.17) is 0 Å². The first kappa shape index (κ1) is 13.4. The van der Waals surface area contributed by atoms with Gasteiger partial charge in [0.1, 0.15) is 5.82 Å². The Hall–Kier alpha value is -1.62. The zero-order chi connectivity index (χ0) is 14.2. The maximum Gasteiger partial charge on any atom is 0.229 e. The van der Waals surface area contributed by atoms with Crippen molar-refractivity contribution in [3.63, 3.8) is 0 Å². The van der Waals surface area contributed by atoms with Gasteiger partial charge in [-0.15, -0.1) is 0 Å². The molecule has 0 aromatic carbocycles. The molecule has 1 saturated carbocycles. The number of piperazine rings is 1. The molecule has 2 fully saturated rings. The molecule has 108 valence electrons.